The second kappa shape index (κ2) is 5.17. The first-order chi connectivity index (χ1) is 7.74. The van der Waals surface area contributed by atoms with E-state index in [0.29, 0.717) is 19.6 Å². The SMILES string of the molecule is NCC1(CC(=O)OCCC2CCC2)CCC1. The Morgan fingerprint density at radius 3 is 2.50 bits per heavy atom. The summed E-state index contributed by atoms with van der Waals surface area (Å²) in [4.78, 5) is 11.6. The van der Waals surface area contributed by atoms with E-state index in [0.717, 1.165) is 25.2 Å². The van der Waals surface area contributed by atoms with Crippen LogP contribution < -0.4 is 5.73 Å². The Hall–Kier alpha value is -0.570. The van der Waals surface area contributed by atoms with E-state index in [2.05, 4.69) is 0 Å². The van der Waals surface area contributed by atoms with Gasteiger partial charge in [0.05, 0.1) is 13.0 Å². The maximum Gasteiger partial charge on any atom is 0.306 e. The van der Waals surface area contributed by atoms with Gasteiger partial charge in [0.2, 0.25) is 0 Å². The van der Waals surface area contributed by atoms with Crippen molar-refractivity contribution in [3.8, 4) is 0 Å². The first-order valence-electron chi connectivity index (χ1n) is 6.60. The summed E-state index contributed by atoms with van der Waals surface area (Å²) in [5.74, 6) is 0.782. The van der Waals surface area contributed by atoms with Crippen LogP contribution in [0.2, 0.25) is 0 Å². The largest absolute Gasteiger partial charge is 0.466 e. The second-order valence-electron chi connectivity index (χ2n) is 5.54. The van der Waals surface area contributed by atoms with Crippen LogP contribution >= 0.6 is 0 Å². The Morgan fingerprint density at radius 1 is 1.31 bits per heavy atom. The third-order valence-electron chi connectivity index (χ3n) is 4.38. The van der Waals surface area contributed by atoms with Gasteiger partial charge in [-0.25, -0.2) is 0 Å². The number of carbonyl (C=O) groups excluding carboxylic acids is 1. The van der Waals surface area contributed by atoms with Crippen LogP contribution in [0.4, 0.5) is 0 Å². The number of esters is 1. The predicted octanol–water partition coefficient (Wildman–Crippen LogP) is 2.24. The molecular formula is C13H23NO2. The van der Waals surface area contributed by atoms with Gasteiger partial charge in [0.25, 0.3) is 0 Å². The summed E-state index contributed by atoms with van der Waals surface area (Å²) in [6.07, 6.45) is 9.01. The van der Waals surface area contributed by atoms with Crippen molar-refractivity contribution in [2.24, 2.45) is 17.1 Å². The molecule has 0 aromatic rings. The van der Waals surface area contributed by atoms with Crippen molar-refractivity contribution in [3.05, 3.63) is 0 Å². The summed E-state index contributed by atoms with van der Waals surface area (Å²) in [6.45, 7) is 1.24. The first kappa shape index (κ1) is 11.9. The van der Waals surface area contributed by atoms with Crippen molar-refractivity contribution in [2.75, 3.05) is 13.2 Å². The Kier molecular flexibility index (Phi) is 3.85. The lowest BCUT2D eigenvalue weighted by Gasteiger charge is -2.40. The van der Waals surface area contributed by atoms with Gasteiger partial charge in [-0.1, -0.05) is 25.7 Å². The molecule has 0 bridgehead atoms. The number of carbonyl (C=O) groups is 1. The molecule has 0 radical (unpaired) electrons. The van der Waals surface area contributed by atoms with Gasteiger partial charge in [-0.2, -0.15) is 0 Å². The van der Waals surface area contributed by atoms with Crippen molar-refractivity contribution in [1.29, 1.82) is 0 Å². The van der Waals surface area contributed by atoms with E-state index in [4.69, 9.17) is 10.5 Å². The fourth-order valence-corrected chi connectivity index (χ4v) is 2.61. The summed E-state index contributed by atoms with van der Waals surface area (Å²) >= 11 is 0. The summed E-state index contributed by atoms with van der Waals surface area (Å²) < 4.78 is 5.29. The summed E-state index contributed by atoms with van der Waals surface area (Å²) in [6, 6.07) is 0. The van der Waals surface area contributed by atoms with E-state index in [9.17, 15) is 4.79 Å². The third-order valence-corrected chi connectivity index (χ3v) is 4.38. The molecule has 0 unspecified atom stereocenters. The van der Waals surface area contributed by atoms with Crippen molar-refractivity contribution >= 4 is 5.97 Å². The van der Waals surface area contributed by atoms with Crippen LogP contribution in [0.5, 0.6) is 0 Å². The maximum atomic E-state index is 11.6. The van der Waals surface area contributed by atoms with Crippen molar-refractivity contribution < 1.29 is 9.53 Å². The van der Waals surface area contributed by atoms with Gasteiger partial charge in [-0.15, -0.1) is 0 Å². The van der Waals surface area contributed by atoms with Gasteiger partial charge >= 0.3 is 5.97 Å². The first-order valence-corrected chi connectivity index (χ1v) is 6.60. The smallest absolute Gasteiger partial charge is 0.306 e. The summed E-state index contributed by atoms with van der Waals surface area (Å²) in [5.41, 5.74) is 5.81. The quantitative estimate of drug-likeness (QED) is 0.705. The molecule has 92 valence electrons. The molecule has 0 aromatic carbocycles. The minimum atomic E-state index is -0.0375. The van der Waals surface area contributed by atoms with Crippen LogP contribution in [0.3, 0.4) is 0 Å². The Bertz CT molecular complexity index is 239. The van der Waals surface area contributed by atoms with E-state index in [1.807, 2.05) is 0 Å². The summed E-state index contributed by atoms with van der Waals surface area (Å²) in [7, 11) is 0. The average molecular weight is 225 g/mol. The fourth-order valence-electron chi connectivity index (χ4n) is 2.61. The van der Waals surface area contributed by atoms with Gasteiger partial charge in [0, 0.05) is 0 Å². The van der Waals surface area contributed by atoms with E-state index >= 15 is 0 Å². The summed E-state index contributed by atoms with van der Waals surface area (Å²) in [5, 5.41) is 0. The number of nitrogens with two attached hydrogens (primary N) is 1. The molecule has 2 saturated carbocycles. The molecule has 2 aliphatic carbocycles. The molecule has 2 N–H and O–H groups in total. The molecule has 16 heavy (non-hydrogen) atoms. The van der Waals surface area contributed by atoms with E-state index in [-0.39, 0.29) is 11.4 Å². The lowest BCUT2D eigenvalue weighted by Crippen LogP contribution is -2.39. The normalized spacial score (nSPS) is 23.3. The predicted molar refractivity (Wildman–Crippen MR) is 62.9 cm³/mol. The van der Waals surface area contributed by atoms with Crippen LogP contribution in [0, 0.1) is 11.3 Å². The van der Waals surface area contributed by atoms with Gasteiger partial charge in [-0.05, 0) is 37.1 Å². The zero-order valence-corrected chi connectivity index (χ0v) is 10.0. The molecule has 2 rings (SSSR count). The number of rotatable bonds is 6. The minimum absolute atomic E-state index is 0.0375. The topological polar surface area (TPSA) is 52.3 Å². The van der Waals surface area contributed by atoms with Crippen molar-refractivity contribution in [2.45, 2.75) is 51.4 Å². The number of hydrogen-bond donors (Lipinski definition) is 1. The van der Waals surface area contributed by atoms with Crippen LogP contribution in [-0.2, 0) is 9.53 Å². The van der Waals surface area contributed by atoms with E-state index < -0.39 is 0 Å². The van der Waals surface area contributed by atoms with Gasteiger partial charge < -0.3 is 10.5 Å². The zero-order valence-electron chi connectivity index (χ0n) is 10.0. The standard InChI is InChI=1S/C13H23NO2/c14-10-13(6-2-7-13)9-12(15)16-8-5-11-3-1-4-11/h11H,1-10,14H2. The fraction of sp³-hybridized carbons (Fsp3) is 0.923. The van der Waals surface area contributed by atoms with Crippen LogP contribution in [0.25, 0.3) is 0 Å². The molecule has 0 aliphatic heterocycles. The Morgan fingerprint density at radius 2 is 2.06 bits per heavy atom. The molecule has 0 spiro atoms. The second-order valence-corrected chi connectivity index (χ2v) is 5.54. The average Bonchev–Trinajstić information content (AvgIpc) is 2.15. The number of ether oxygens (including phenoxy) is 1. The molecule has 0 saturated heterocycles. The third kappa shape index (κ3) is 2.76. The Balaban J connectivity index is 1.59. The molecule has 0 heterocycles. The van der Waals surface area contributed by atoms with E-state index in [1.54, 1.807) is 0 Å². The maximum absolute atomic E-state index is 11.6. The monoisotopic (exact) mass is 225 g/mol. The van der Waals surface area contributed by atoms with Crippen molar-refractivity contribution in [3.63, 3.8) is 0 Å². The molecule has 3 heteroatoms. The molecule has 2 fully saturated rings. The van der Waals surface area contributed by atoms with Gasteiger partial charge in [0.1, 0.15) is 0 Å². The molecular weight excluding hydrogens is 202 g/mol. The zero-order chi connectivity index (χ0) is 11.4. The van der Waals surface area contributed by atoms with Gasteiger partial charge in [-0.3, -0.25) is 4.79 Å². The number of hydrogen-bond acceptors (Lipinski definition) is 3. The highest BCUT2D eigenvalue weighted by Crippen LogP contribution is 2.43. The minimum Gasteiger partial charge on any atom is -0.466 e. The molecule has 3 nitrogen and oxygen atoms in total. The van der Waals surface area contributed by atoms with Gasteiger partial charge in [0.15, 0.2) is 0 Å². The molecule has 0 amide bonds. The highest BCUT2D eigenvalue weighted by Gasteiger charge is 2.38. The highest BCUT2D eigenvalue weighted by atomic mass is 16.5. The van der Waals surface area contributed by atoms with E-state index in [1.165, 1.54) is 25.7 Å². The molecule has 0 atom stereocenters. The lowest BCUT2D eigenvalue weighted by molar-refractivity contribution is -0.148. The van der Waals surface area contributed by atoms with Crippen LogP contribution in [-0.4, -0.2) is 19.1 Å². The highest BCUT2D eigenvalue weighted by molar-refractivity contribution is 5.70. The van der Waals surface area contributed by atoms with Crippen molar-refractivity contribution in [1.82, 2.24) is 0 Å². The molecule has 0 aromatic heterocycles. The lowest BCUT2D eigenvalue weighted by atomic mass is 9.67. The molecule has 2 aliphatic rings. The Labute approximate surface area is 97.7 Å². The van der Waals surface area contributed by atoms with Crippen LogP contribution in [0.1, 0.15) is 51.4 Å². The van der Waals surface area contributed by atoms with Crippen LogP contribution in [0.15, 0.2) is 0 Å².